The van der Waals surface area contributed by atoms with E-state index < -0.39 is 15.8 Å². The van der Waals surface area contributed by atoms with Gasteiger partial charge in [0.2, 0.25) is 0 Å². The van der Waals surface area contributed by atoms with E-state index in [0.29, 0.717) is 10.0 Å². The SMILES string of the molecule is O=S(=O)(Nc1c(F)cccc1Br)c1ccc(CO)cc1. The molecule has 2 aromatic rings. The van der Waals surface area contributed by atoms with Crippen molar-refractivity contribution in [2.24, 2.45) is 0 Å². The van der Waals surface area contributed by atoms with E-state index in [1.54, 1.807) is 0 Å². The molecule has 0 aliphatic heterocycles. The predicted octanol–water partition coefficient (Wildman–Crippen LogP) is 2.88. The second-order valence-corrected chi connectivity index (χ2v) is 6.54. The molecule has 2 N–H and O–H groups in total. The highest BCUT2D eigenvalue weighted by Crippen LogP contribution is 2.27. The van der Waals surface area contributed by atoms with Crippen LogP contribution in [0.5, 0.6) is 0 Å². The summed E-state index contributed by atoms with van der Waals surface area (Å²) in [6.07, 6.45) is 0. The Bertz CT molecular complexity index is 697. The summed E-state index contributed by atoms with van der Waals surface area (Å²) in [5, 5.41) is 8.92. The van der Waals surface area contributed by atoms with Crippen LogP contribution in [0.1, 0.15) is 5.56 Å². The molecule has 0 aliphatic carbocycles. The number of aliphatic hydroxyl groups excluding tert-OH is 1. The van der Waals surface area contributed by atoms with Crippen LogP contribution in [0.25, 0.3) is 0 Å². The van der Waals surface area contributed by atoms with E-state index >= 15 is 0 Å². The summed E-state index contributed by atoms with van der Waals surface area (Å²) >= 11 is 3.10. The van der Waals surface area contributed by atoms with Crippen molar-refractivity contribution in [2.75, 3.05) is 4.72 Å². The topological polar surface area (TPSA) is 66.4 Å². The zero-order chi connectivity index (χ0) is 14.8. The molecule has 20 heavy (non-hydrogen) atoms. The summed E-state index contributed by atoms with van der Waals surface area (Å²) in [5.41, 5.74) is 0.453. The summed E-state index contributed by atoms with van der Waals surface area (Å²) in [6, 6.07) is 9.85. The van der Waals surface area contributed by atoms with Crippen LogP contribution in [0.15, 0.2) is 51.8 Å². The Morgan fingerprint density at radius 1 is 1.15 bits per heavy atom. The number of sulfonamides is 1. The molecule has 0 aromatic heterocycles. The number of hydrogen-bond acceptors (Lipinski definition) is 3. The van der Waals surface area contributed by atoms with Gasteiger partial charge in [-0.05, 0) is 45.8 Å². The number of benzene rings is 2. The quantitative estimate of drug-likeness (QED) is 0.881. The number of halogens is 2. The Hall–Kier alpha value is -1.44. The lowest BCUT2D eigenvalue weighted by atomic mass is 10.2. The minimum Gasteiger partial charge on any atom is -0.392 e. The van der Waals surface area contributed by atoms with Crippen molar-refractivity contribution in [1.29, 1.82) is 0 Å². The molecule has 7 heteroatoms. The molecule has 0 atom stereocenters. The lowest BCUT2D eigenvalue weighted by Gasteiger charge is -2.10. The molecule has 2 aromatic carbocycles. The molecule has 0 amide bonds. The van der Waals surface area contributed by atoms with Crippen molar-refractivity contribution >= 4 is 31.6 Å². The fourth-order valence-corrected chi connectivity index (χ4v) is 3.22. The van der Waals surface area contributed by atoms with Gasteiger partial charge in [0.25, 0.3) is 10.0 Å². The van der Waals surface area contributed by atoms with E-state index in [1.807, 2.05) is 0 Å². The van der Waals surface area contributed by atoms with Crippen molar-refractivity contribution in [3.05, 3.63) is 58.3 Å². The van der Waals surface area contributed by atoms with Gasteiger partial charge in [0.15, 0.2) is 0 Å². The monoisotopic (exact) mass is 359 g/mol. The van der Waals surface area contributed by atoms with Gasteiger partial charge >= 0.3 is 0 Å². The van der Waals surface area contributed by atoms with Crippen LogP contribution in [-0.2, 0) is 16.6 Å². The zero-order valence-electron chi connectivity index (χ0n) is 10.2. The second-order valence-electron chi connectivity index (χ2n) is 4.00. The molecule has 4 nitrogen and oxygen atoms in total. The average molecular weight is 360 g/mol. The number of rotatable bonds is 4. The van der Waals surface area contributed by atoms with Crippen molar-refractivity contribution < 1.29 is 17.9 Å². The first-order valence-corrected chi connectivity index (χ1v) is 7.88. The third kappa shape index (κ3) is 3.17. The highest BCUT2D eigenvalue weighted by atomic mass is 79.9. The summed E-state index contributed by atoms with van der Waals surface area (Å²) in [4.78, 5) is -0.00940. The summed E-state index contributed by atoms with van der Waals surface area (Å²) in [6.45, 7) is -0.174. The first-order valence-electron chi connectivity index (χ1n) is 5.60. The van der Waals surface area contributed by atoms with Crippen molar-refractivity contribution in [2.45, 2.75) is 11.5 Å². The largest absolute Gasteiger partial charge is 0.392 e. The molecule has 0 heterocycles. The van der Waals surface area contributed by atoms with E-state index in [2.05, 4.69) is 20.7 Å². The second kappa shape index (κ2) is 5.90. The Labute approximate surface area is 124 Å². The number of hydrogen-bond donors (Lipinski definition) is 2. The number of para-hydroxylation sites is 1. The molecule has 0 radical (unpaired) electrons. The third-order valence-corrected chi connectivity index (χ3v) is 4.64. The predicted molar refractivity (Wildman–Crippen MR) is 77.3 cm³/mol. The minimum atomic E-state index is -3.88. The standard InChI is InChI=1S/C13H11BrFNO3S/c14-11-2-1-3-12(15)13(11)16-20(18,19)10-6-4-9(8-17)5-7-10/h1-7,16-17H,8H2. The highest BCUT2D eigenvalue weighted by molar-refractivity contribution is 9.10. The van der Waals surface area contributed by atoms with Crippen LogP contribution in [0.4, 0.5) is 10.1 Å². The molecule has 106 valence electrons. The molecule has 0 aliphatic rings. The molecule has 0 saturated heterocycles. The molecular weight excluding hydrogens is 349 g/mol. The van der Waals surface area contributed by atoms with Gasteiger partial charge in [-0.2, -0.15) is 0 Å². The Balaban J connectivity index is 2.35. The van der Waals surface area contributed by atoms with E-state index in [0.717, 1.165) is 6.07 Å². The number of aliphatic hydroxyl groups is 1. The normalized spacial score (nSPS) is 11.3. The van der Waals surface area contributed by atoms with Crippen LogP contribution in [0.3, 0.4) is 0 Å². The molecule has 0 fully saturated rings. The first-order chi connectivity index (χ1) is 9.44. The van der Waals surface area contributed by atoms with Crippen LogP contribution in [0, 0.1) is 5.82 Å². The smallest absolute Gasteiger partial charge is 0.262 e. The van der Waals surface area contributed by atoms with E-state index in [1.165, 1.54) is 36.4 Å². The maximum atomic E-state index is 13.6. The fourth-order valence-electron chi connectivity index (χ4n) is 1.56. The van der Waals surface area contributed by atoms with Gasteiger partial charge in [-0.1, -0.05) is 18.2 Å². The van der Waals surface area contributed by atoms with Gasteiger partial charge in [-0.3, -0.25) is 4.72 Å². The molecule has 0 saturated carbocycles. The van der Waals surface area contributed by atoms with Gasteiger partial charge in [0.05, 0.1) is 17.2 Å². The number of anilines is 1. The molecule has 0 spiro atoms. The van der Waals surface area contributed by atoms with Crippen LogP contribution >= 0.6 is 15.9 Å². The van der Waals surface area contributed by atoms with E-state index in [-0.39, 0.29) is 17.2 Å². The molecular formula is C13H11BrFNO3S. The van der Waals surface area contributed by atoms with Crippen molar-refractivity contribution in [3.63, 3.8) is 0 Å². The molecule has 0 unspecified atom stereocenters. The third-order valence-electron chi connectivity index (χ3n) is 2.62. The summed E-state index contributed by atoms with van der Waals surface area (Å²) in [7, 11) is -3.88. The lowest BCUT2D eigenvalue weighted by molar-refractivity contribution is 0.282. The Morgan fingerprint density at radius 3 is 2.35 bits per heavy atom. The Morgan fingerprint density at radius 2 is 1.80 bits per heavy atom. The number of nitrogens with one attached hydrogen (secondary N) is 1. The maximum absolute atomic E-state index is 13.6. The van der Waals surface area contributed by atoms with Gasteiger partial charge in [-0.25, -0.2) is 12.8 Å². The van der Waals surface area contributed by atoms with Gasteiger partial charge in [0.1, 0.15) is 5.82 Å². The van der Waals surface area contributed by atoms with Gasteiger partial charge < -0.3 is 5.11 Å². The lowest BCUT2D eigenvalue weighted by Crippen LogP contribution is -2.14. The zero-order valence-corrected chi connectivity index (χ0v) is 12.6. The van der Waals surface area contributed by atoms with Gasteiger partial charge in [-0.15, -0.1) is 0 Å². The summed E-state index contributed by atoms with van der Waals surface area (Å²) in [5.74, 6) is -0.671. The first kappa shape index (κ1) is 15.0. The van der Waals surface area contributed by atoms with Crippen LogP contribution in [0.2, 0.25) is 0 Å². The van der Waals surface area contributed by atoms with Crippen molar-refractivity contribution in [3.8, 4) is 0 Å². The summed E-state index contributed by atoms with van der Waals surface area (Å²) < 4.78 is 40.4. The van der Waals surface area contributed by atoms with Crippen LogP contribution in [-0.4, -0.2) is 13.5 Å². The maximum Gasteiger partial charge on any atom is 0.262 e. The van der Waals surface area contributed by atoms with Crippen molar-refractivity contribution in [1.82, 2.24) is 0 Å². The minimum absolute atomic E-state index is 0.00940. The van der Waals surface area contributed by atoms with Gasteiger partial charge in [0, 0.05) is 4.47 Å². The van der Waals surface area contributed by atoms with E-state index in [4.69, 9.17) is 5.11 Å². The van der Waals surface area contributed by atoms with E-state index in [9.17, 15) is 12.8 Å². The average Bonchev–Trinajstić information content (AvgIpc) is 2.43. The highest BCUT2D eigenvalue weighted by Gasteiger charge is 2.17. The van der Waals surface area contributed by atoms with Crippen LogP contribution < -0.4 is 4.72 Å². The fraction of sp³-hybridized carbons (Fsp3) is 0.0769. The molecule has 2 rings (SSSR count). The molecule has 0 bridgehead atoms. The Kier molecular flexibility index (Phi) is 4.42.